The predicted octanol–water partition coefficient (Wildman–Crippen LogP) is 8.15. The monoisotopic (exact) mass is 399 g/mol. The fourth-order valence-electron chi connectivity index (χ4n) is 3.40. The Labute approximate surface area is 175 Å². The lowest BCUT2D eigenvalue weighted by molar-refractivity contribution is 0.0946. The summed E-state index contributed by atoms with van der Waals surface area (Å²) in [5, 5.41) is 0. The zero-order valence-electron chi connectivity index (χ0n) is 18.0. The van der Waals surface area contributed by atoms with Gasteiger partial charge in [-0.25, -0.2) is 4.98 Å². The van der Waals surface area contributed by atoms with Crippen molar-refractivity contribution in [3.05, 3.63) is 42.8 Å². The lowest BCUT2D eigenvalue weighted by Gasteiger charge is -2.00. The molecule has 0 atom stereocenters. The highest BCUT2D eigenvalue weighted by Gasteiger charge is 2.14. The average Bonchev–Trinajstić information content (AvgIpc) is 3.42. The van der Waals surface area contributed by atoms with Crippen LogP contribution in [0.5, 0.6) is 0 Å². The molecule has 0 amide bonds. The van der Waals surface area contributed by atoms with E-state index in [2.05, 4.69) is 24.1 Å². The predicted molar refractivity (Wildman–Crippen MR) is 118 cm³/mol. The molecule has 0 spiro atoms. The Bertz CT molecular complexity index is 685. The maximum absolute atomic E-state index is 12.2. The van der Waals surface area contributed by atoms with Crippen LogP contribution in [0.4, 0.5) is 0 Å². The molecule has 0 aliphatic heterocycles. The molecule has 0 N–H and O–H groups in total. The highest BCUT2D eigenvalue weighted by atomic mass is 16.4. The fraction of sp³-hybridized carbons (Fsp3) is 0.600. The second kappa shape index (κ2) is 14.8. The Balaban J connectivity index is 1.42. The fourth-order valence-corrected chi connectivity index (χ4v) is 3.40. The second-order valence-electron chi connectivity index (χ2n) is 7.80. The normalized spacial score (nSPS) is 11.5. The lowest BCUT2D eigenvalue weighted by atomic mass is 10.1. The third-order valence-electron chi connectivity index (χ3n) is 5.22. The standard InChI is InChI=1S/C25H37NO3/c1-2-3-4-5-6-7-8-9-10-11-12-13-14-15-16-17-23(27)25-26-20-24(29-25)22-18-19-28-21-22/h9-10,18-21H,2-8,11-17H2,1H3/b10-9-. The third-order valence-corrected chi connectivity index (χ3v) is 5.22. The molecule has 2 aromatic heterocycles. The molecule has 0 aliphatic carbocycles. The first-order valence-corrected chi connectivity index (χ1v) is 11.5. The molecule has 0 saturated heterocycles. The summed E-state index contributed by atoms with van der Waals surface area (Å²) in [5.41, 5.74) is 0.803. The Kier molecular flexibility index (Phi) is 11.9. The average molecular weight is 400 g/mol. The van der Waals surface area contributed by atoms with Crippen LogP contribution in [0.2, 0.25) is 0 Å². The molecule has 4 nitrogen and oxygen atoms in total. The van der Waals surface area contributed by atoms with Gasteiger partial charge >= 0.3 is 0 Å². The lowest BCUT2D eigenvalue weighted by Crippen LogP contribution is -1.98. The molecular formula is C25H37NO3. The zero-order valence-corrected chi connectivity index (χ0v) is 18.0. The minimum Gasteiger partial charge on any atom is -0.472 e. The largest absolute Gasteiger partial charge is 0.472 e. The Morgan fingerprint density at radius 3 is 2.24 bits per heavy atom. The van der Waals surface area contributed by atoms with Crippen molar-refractivity contribution in [3.63, 3.8) is 0 Å². The van der Waals surface area contributed by atoms with Crippen molar-refractivity contribution in [2.75, 3.05) is 0 Å². The van der Waals surface area contributed by atoms with Gasteiger partial charge in [0.15, 0.2) is 5.76 Å². The van der Waals surface area contributed by atoms with E-state index in [-0.39, 0.29) is 11.7 Å². The van der Waals surface area contributed by atoms with Crippen LogP contribution in [0.1, 0.15) is 108 Å². The minimum absolute atomic E-state index is 0.0163. The molecule has 0 saturated carbocycles. The molecule has 0 radical (unpaired) electrons. The highest BCUT2D eigenvalue weighted by Crippen LogP contribution is 2.21. The third kappa shape index (κ3) is 9.78. The Morgan fingerprint density at radius 1 is 0.931 bits per heavy atom. The number of carbonyl (C=O) groups excluding carboxylic acids is 1. The molecule has 2 rings (SSSR count). The van der Waals surface area contributed by atoms with E-state index in [4.69, 9.17) is 8.83 Å². The molecule has 2 heterocycles. The highest BCUT2D eigenvalue weighted by molar-refractivity contribution is 5.91. The van der Waals surface area contributed by atoms with Gasteiger partial charge in [-0.15, -0.1) is 0 Å². The van der Waals surface area contributed by atoms with E-state index in [1.807, 2.05) is 0 Å². The maximum Gasteiger partial charge on any atom is 0.263 e. The van der Waals surface area contributed by atoms with Crippen LogP contribution >= 0.6 is 0 Å². The number of oxazole rings is 1. The molecule has 0 aliphatic rings. The van der Waals surface area contributed by atoms with Crippen LogP contribution in [0, 0.1) is 0 Å². The van der Waals surface area contributed by atoms with E-state index < -0.39 is 0 Å². The molecule has 0 unspecified atom stereocenters. The molecule has 0 bridgehead atoms. The van der Waals surface area contributed by atoms with Gasteiger partial charge in [-0.2, -0.15) is 0 Å². The first-order chi connectivity index (χ1) is 14.3. The van der Waals surface area contributed by atoms with Gasteiger partial charge in [0.2, 0.25) is 5.78 Å². The van der Waals surface area contributed by atoms with Gasteiger partial charge < -0.3 is 8.83 Å². The number of furan rings is 1. The number of carbonyl (C=O) groups is 1. The van der Waals surface area contributed by atoms with Gasteiger partial charge in [-0.1, -0.05) is 70.4 Å². The minimum atomic E-state index is -0.0163. The van der Waals surface area contributed by atoms with Gasteiger partial charge in [0.05, 0.1) is 18.0 Å². The van der Waals surface area contributed by atoms with Crippen molar-refractivity contribution in [2.45, 2.75) is 96.8 Å². The smallest absolute Gasteiger partial charge is 0.263 e. The second-order valence-corrected chi connectivity index (χ2v) is 7.80. The number of rotatable bonds is 17. The number of unbranched alkanes of at least 4 members (excludes halogenated alkanes) is 11. The first-order valence-electron chi connectivity index (χ1n) is 11.5. The molecule has 160 valence electrons. The van der Waals surface area contributed by atoms with E-state index in [1.165, 1.54) is 70.6 Å². The van der Waals surface area contributed by atoms with Crippen molar-refractivity contribution in [1.82, 2.24) is 4.98 Å². The van der Waals surface area contributed by atoms with Gasteiger partial charge in [0.25, 0.3) is 5.89 Å². The van der Waals surface area contributed by atoms with Crippen LogP contribution in [-0.4, -0.2) is 10.8 Å². The zero-order chi connectivity index (χ0) is 20.6. The van der Waals surface area contributed by atoms with Crippen molar-refractivity contribution in [2.24, 2.45) is 0 Å². The first kappa shape index (κ1) is 23.2. The van der Waals surface area contributed by atoms with Crippen LogP contribution in [0.25, 0.3) is 11.3 Å². The summed E-state index contributed by atoms with van der Waals surface area (Å²) < 4.78 is 10.6. The van der Waals surface area contributed by atoms with Crippen molar-refractivity contribution in [3.8, 4) is 11.3 Å². The van der Waals surface area contributed by atoms with Crippen molar-refractivity contribution >= 4 is 5.78 Å². The Morgan fingerprint density at radius 2 is 1.59 bits per heavy atom. The maximum atomic E-state index is 12.2. The summed E-state index contributed by atoms with van der Waals surface area (Å²) in [4.78, 5) is 16.3. The van der Waals surface area contributed by atoms with E-state index in [0.717, 1.165) is 18.4 Å². The summed E-state index contributed by atoms with van der Waals surface area (Å²) in [5.74, 6) is 0.765. The van der Waals surface area contributed by atoms with Crippen molar-refractivity contribution in [1.29, 1.82) is 0 Å². The van der Waals surface area contributed by atoms with E-state index in [0.29, 0.717) is 12.2 Å². The molecule has 4 heteroatoms. The number of nitrogens with zero attached hydrogens (tertiary/aromatic N) is 1. The van der Waals surface area contributed by atoms with Gasteiger partial charge in [-0.3, -0.25) is 4.79 Å². The van der Waals surface area contributed by atoms with Crippen LogP contribution in [0.3, 0.4) is 0 Å². The molecular weight excluding hydrogens is 362 g/mol. The van der Waals surface area contributed by atoms with Crippen LogP contribution < -0.4 is 0 Å². The summed E-state index contributed by atoms with van der Waals surface area (Å²) in [6.45, 7) is 2.26. The van der Waals surface area contributed by atoms with E-state index in [9.17, 15) is 4.79 Å². The number of allylic oxidation sites excluding steroid dienone is 2. The van der Waals surface area contributed by atoms with Crippen LogP contribution in [0.15, 0.2) is 45.8 Å². The molecule has 0 fully saturated rings. The number of aromatic nitrogens is 1. The van der Waals surface area contributed by atoms with Crippen molar-refractivity contribution < 1.29 is 13.6 Å². The van der Waals surface area contributed by atoms with Gasteiger partial charge in [-0.05, 0) is 38.2 Å². The van der Waals surface area contributed by atoms with Gasteiger partial charge in [0.1, 0.15) is 6.26 Å². The summed E-state index contributed by atoms with van der Waals surface area (Å²) >= 11 is 0. The van der Waals surface area contributed by atoms with E-state index in [1.54, 1.807) is 24.8 Å². The van der Waals surface area contributed by atoms with Gasteiger partial charge in [0, 0.05) is 6.42 Å². The number of hydrogen-bond donors (Lipinski definition) is 0. The van der Waals surface area contributed by atoms with E-state index >= 15 is 0 Å². The summed E-state index contributed by atoms with van der Waals surface area (Å²) in [6, 6.07) is 1.79. The van der Waals surface area contributed by atoms with Crippen LogP contribution in [-0.2, 0) is 0 Å². The number of Topliss-reactive ketones (excluding diaryl/α,β-unsaturated/α-hetero) is 1. The number of ketones is 1. The molecule has 29 heavy (non-hydrogen) atoms. The SMILES string of the molecule is CCCCCCCC/C=C\CCCCCCCC(=O)c1ncc(-c2ccoc2)o1. The quantitative estimate of drug-likeness (QED) is 0.153. The summed E-state index contributed by atoms with van der Waals surface area (Å²) in [7, 11) is 0. The molecule has 2 aromatic rings. The summed E-state index contributed by atoms with van der Waals surface area (Å²) in [6.07, 6.45) is 26.2. The topological polar surface area (TPSA) is 56.2 Å². The number of hydrogen-bond acceptors (Lipinski definition) is 4. The molecule has 0 aromatic carbocycles. The Hall–Kier alpha value is -2.10.